The maximum atomic E-state index is 11.5. The molecule has 1 atom stereocenters. The summed E-state index contributed by atoms with van der Waals surface area (Å²) in [5.74, 6) is 0. The van der Waals surface area contributed by atoms with Gasteiger partial charge in [-0.3, -0.25) is 0 Å². The maximum Gasteiger partial charge on any atom is 0.211 e. The summed E-state index contributed by atoms with van der Waals surface area (Å²) in [5, 5.41) is 3.56. The Balaban J connectivity index is 2.40. The smallest absolute Gasteiger partial charge is 0.211 e. The highest BCUT2D eigenvalue weighted by atomic mass is 32.2. The summed E-state index contributed by atoms with van der Waals surface area (Å²) < 4.78 is 24.5. The normalized spacial score (nSPS) is 21.1. The molecule has 0 radical (unpaired) electrons. The van der Waals surface area contributed by atoms with Crippen LogP contribution in [0.3, 0.4) is 0 Å². The van der Waals surface area contributed by atoms with E-state index in [1.807, 2.05) is 0 Å². The van der Waals surface area contributed by atoms with Crippen molar-refractivity contribution in [3.63, 3.8) is 0 Å². The Morgan fingerprint density at radius 1 is 1.15 bits per heavy atom. The average molecular weight is 305 g/mol. The minimum absolute atomic E-state index is 0.255. The van der Waals surface area contributed by atoms with E-state index in [2.05, 4.69) is 37.9 Å². The van der Waals surface area contributed by atoms with Crippen LogP contribution in [0.1, 0.15) is 34.1 Å². The Hall–Kier alpha value is -0.170. The molecule has 1 N–H and O–H groups in total. The molecule has 6 heteroatoms. The third-order valence-electron chi connectivity index (χ3n) is 4.03. The van der Waals surface area contributed by atoms with Crippen LogP contribution in [0, 0.1) is 5.41 Å². The van der Waals surface area contributed by atoms with Crippen molar-refractivity contribution in [2.45, 2.75) is 40.2 Å². The van der Waals surface area contributed by atoms with E-state index in [-0.39, 0.29) is 5.41 Å². The van der Waals surface area contributed by atoms with Crippen LogP contribution in [0.15, 0.2) is 0 Å². The molecular formula is C14H31N3O2S. The van der Waals surface area contributed by atoms with Crippen LogP contribution >= 0.6 is 0 Å². The molecule has 0 aliphatic carbocycles. The molecule has 20 heavy (non-hydrogen) atoms. The summed E-state index contributed by atoms with van der Waals surface area (Å²) in [6.45, 7) is 13.9. The Labute approximate surface area is 124 Å². The molecule has 1 saturated heterocycles. The van der Waals surface area contributed by atoms with Crippen molar-refractivity contribution in [2.24, 2.45) is 5.41 Å². The van der Waals surface area contributed by atoms with Gasteiger partial charge >= 0.3 is 0 Å². The Bertz CT molecular complexity index is 382. The molecule has 1 heterocycles. The first-order valence-electron chi connectivity index (χ1n) is 7.55. The summed E-state index contributed by atoms with van der Waals surface area (Å²) in [5.41, 5.74) is 0.255. The van der Waals surface area contributed by atoms with Crippen LogP contribution in [0.2, 0.25) is 0 Å². The van der Waals surface area contributed by atoms with E-state index >= 15 is 0 Å². The molecule has 0 aromatic carbocycles. The van der Waals surface area contributed by atoms with E-state index in [0.29, 0.717) is 19.1 Å². The molecule has 1 aliphatic rings. The lowest BCUT2D eigenvalue weighted by atomic mass is 9.84. The van der Waals surface area contributed by atoms with Crippen LogP contribution in [0.5, 0.6) is 0 Å². The third kappa shape index (κ3) is 5.68. The maximum absolute atomic E-state index is 11.5. The molecule has 0 spiro atoms. The van der Waals surface area contributed by atoms with Crippen LogP contribution in [-0.2, 0) is 10.0 Å². The molecule has 0 amide bonds. The van der Waals surface area contributed by atoms with Gasteiger partial charge < -0.3 is 10.2 Å². The highest BCUT2D eigenvalue weighted by Crippen LogP contribution is 2.22. The van der Waals surface area contributed by atoms with Gasteiger partial charge in [0.2, 0.25) is 10.0 Å². The largest absolute Gasteiger partial charge is 0.314 e. The van der Waals surface area contributed by atoms with E-state index in [9.17, 15) is 8.42 Å². The van der Waals surface area contributed by atoms with Gasteiger partial charge in [0.1, 0.15) is 0 Å². The predicted octanol–water partition coefficient (Wildman–Crippen LogP) is 0.978. The number of rotatable bonds is 6. The second-order valence-electron chi connectivity index (χ2n) is 6.77. The number of nitrogens with zero attached hydrogens (tertiary/aromatic N) is 2. The van der Waals surface area contributed by atoms with Crippen LogP contribution < -0.4 is 5.32 Å². The number of hydrogen-bond donors (Lipinski definition) is 1. The zero-order valence-corrected chi connectivity index (χ0v) is 14.5. The third-order valence-corrected chi connectivity index (χ3v) is 5.33. The first-order valence-corrected chi connectivity index (χ1v) is 9.40. The first kappa shape index (κ1) is 17.9. The standard InChI is InChI=1S/C14H31N3O2S/c1-6-15-13(14(2,3)4)7-8-16-9-11-17(12-10-16)20(5,18)19/h13,15H,6-12H2,1-5H3. The second kappa shape index (κ2) is 7.20. The summed E-state index contributed by atoms with van der Waals surface area (Å²) in [4.78, 5) is 2.37. The Morgan fingerprint density at radius 3 is 2.10 bits per heavy atom. The number of piperazine rings is 1. The number of sulfonamides is 1. The lowest BCUT2D eigenvalue weighted by molar-refractivity contribution is 0.163. The molecule has 1 aliphatic heterocycles. The van der Waals surface area contributed by atoms with Crippen molar-refractivity contribution < 1.29 is 8.42 Å². The van der Waals surface area contributed by atoms with Crippen molar-refractivity contribution in [2.75, 3.05) is 45.5 Å². The predicted molar refractivity (Wildman–Crippen MR) is 84.4 cm³/mol. The number of nitrogens with one attached hydrogen (secondary N) is 1. The van der Waals surface area contributed by atoms with Crippen LogP contribution in [0.25, 0.3) is 0 Å². The quantitative estimate of drug-likeness (QED) is 0.795. The van der Waals surface area contributed by atoms with Gasteiger partial charge in [-0.15, -0.1) is 0 Å². The molecular weight excluding hydrogens is 274 g/mol. The van der Waals surface area contributed by atoms with Gasteiger partial charge in [-0.1, -0.05) is 27.7 Å². The molecule has 0 aromatic heterocycles. The molecule has 5 nitrogen and oxygen atoms in total. The monoisotopic (exact) mass is 305 g/mol. The van der Waals surface area contributed by atoms with Crippen molar-refractivity contribution >= 4 is 10.0 Å². The Kier molecular flexibility index (Phi) is 6.44. The molecule has 0 saturated carbocycles. The van der Waals surface area contributed by atoms with Crippen molar-refractivity contribution in [3.05, 3.63) is 0 Å². The van der Waals surface area contributed by atoms with Gasteiger partial charge in [-0.25, -0.2) is 8.42 Å². The van der Waals surface area contributed by atoms with E-state index in [0.717, 1.165) is 32.6 Å². The molecule has 1 fully saturated rings. The van der Waals surface area contributed by atoms with E-state index in [1.54, 1.807) is 4.31 Å². The molecule has 1 rings (SSSR count). The highest BCUT2D eigenvalue weighted by Gasteiger charge is 2.26. The van der Waals surface area contributed by atoms with Gasteiger partial charge in [0.25, 0.3) is 0 Å². The van der Waals surface area contributed by atoms with Gasteiger partial charge in [0.15, 0.2) is 0 Å². The molecule has 0 aromatic rings. The summed E-state index contributed by atoms with van der Waals surface area (Å²) in [6.07, 6.45) is 2.40. The molecule has 1 unspecified atom stereocenters. The first-order chi connectivity index (χ1) is 9.14. The van der Waals surface area contributed by atoms with Gasteiger partial charge in [0, 0.05) is 32.2 Å². The lowest BCUT2D eigenvalue weighted by Crippen LogP contribution is -2.50. The zero-order chi connectivity index (χ0) is 15.4. The van der Waals surface area contributed by atoms with Crippen LogP contribution in [0.4, 0.5) is 0 Å². The minimum Gasteiger partial charge on any atom is -0.314 e. The highest BCUT2D eigenvalue weighted by molar-refractivity contribution is 7.88. The summed E-state index contributed by atoms with van der Waals surface area (Å²) in [6, 6.07) is 0.500. The van der Waals surface area contributed by atoms with E-state index in [4.69, 9.17) is 0 Å². The van der Waals surface area contributed by atoms with E-state index < -0.39 is 10.0 Å². The van der Waals surface area contributed by atoms with Gasteiger partial charge in [-0.05, 0) is 24.9 Å². The fourth-order valence-electron chi connectivity index (χ4n) is 2.68. The van der Waals surface area contributed by atoms with Gasteiger partial charge in [-0.2, -0.15) is 4.31 Å². The SMILES string of the molecule is CCNC(CCN1CCN(S(C)(=O)=O)CC1)C(C)(C)C. The summed E-state index contributed by atoms with van der Waals surface area (Å²) >= 11 is 0. The van der Waals surface area contributed by atoms with E-state index in [1.165, 1.54) is 6.26 Å². The Morgan fingerprint density at radius 2 is 1.70 bits per heavy atom. The average Bonchev–Trinajstić information content (AvgIpc) is 2.32. The van der Waals surface area contributed by atoms with Gasteiger partial charge in [0.05, 0.1) is 6.26 Å². The van der Waals surface area contributed by atoms with Crippen molar-refractivity contribution in [1.29, 1.82) is 0 Å². The fourth-order valence-corrected chi connectivity index (χ4v) is 3.51. The zero-order valence-electron chi connectivity index (χ0n) is 13.6. The lowest BCUT2D eigenvalue weighted by Gasteiger charge is -2.36. The second-order valence-corrected chi connectivity index (χ2v) is 8.75. The summed E-state index contributed by atoms with van der Waals surface area (Å²) in [7, 11) is -3.02. The minimum atomic E-state index is -3.02. The van der Waals surface area contributed by atoms with Crippen molar-refractivity contribution in [1.82, 2.24) is 14.5 Å². The van der Waals surface area contributed by atoms with Crippen LogP contribution in [-0.4, -0.2) is 69.2 Å². The van der Waals surface area contributed by atoms with Crippen molar-refractivity contribution in [3.8, 4) is 0 Å². The topological polar surface area (TPSA) is 52.6 Å². The number of hydrogen-bond acceptors (Lipinski definition) is 4. The molecule has 120 valence electrons. The fraction of sp³-hybridized carbons (Fsp3) is 1.00. The molecule has 0 bridgehead atoms.